The van der Waals surface area contributed by atoms with E-state index in [0.717, 1.165) is 38.8 Å². The molecule has 0 heterocycles. The summed E-state index contributed by atoms with van der Waals surface area (Å²) in [5.41, 5.74) is 0.221. The van der Waals surface area contributed by atoms with E-state index in [9.17, 15) is 9.18 Å². The summed E-state index contributed by atoms with van der Waals surface area (Å²) >= 11 is 6.11. The summed E-state index contributed by atoms with van der Waals surface area (Å²) in [4.78, 5) is 15.2. The van der Waals surface area contributed by atoms with Crippen molar-refractivity contribution >= 4 is 17.4 Å². The third-order valence-corrected chi connectivity index (χ3v) is 5.05. The van der Waals surface area contributed by atoms with Gasteiger partial charge in [0.15, 0.2) is 5.78 Å². The summed E-state index contributed by atoms with van der Waals surface area (Å²) in [6.45, 7) is 5.90. The molecule has 0 radical (unpaired) electrons. The molecule has 0 N–H and O–H groups in total. The molecule has 1 aromatic carbocycles. The van der Waals surface area contributed by atoms with Crippen LogP contribution < -0.4 is 0 Å². The van der Waals surface area contributed by atoms with Crippen molar-refractivity contribution in [1.29, 1.82) is 0 Å². The van der Waals surface area contributed by atoms with Crippen LogP contribution in [0.2, 0.25) is 5.02 Å². The van der Waals surface area contributed by atoms with Gasteiger partial charge in [0.1, 0.15) is 5.82 Å². The van der Waals surface area contributed by atoms with E-state index in [1.54, 1.807) is 0 Å². The summed E-state index contributed by atoms with van der Waals surface area (Å²) in [7, 11) is 0. The fraction of sp³-hybridized carbons (Fsp3) is 0.588. The maximum Gasteiger partial charge on any atom is 0.157 e. The number of hydrogen-bond donors (Lipinski definition) is 0. The van der Waals surface area contributed by atoms with Crippen molar-refractivity contribution < 1.29 is 9.18 Å². The second-order valence-electron chi connectivity index (χ2n) is 5.75. The lowest BCUT2D eigenvalue weighted by molar-refractivity contribution is -0.130. The van der Waals surface area contributed by atoms with Crippen LogP contribution in [-0.2, 0) is 11.2 Å². The molecule has 4 heteroatoms. The van der Waals surface area contributed by atoms with Crippen molar-refractivity contribution in [2.75, 3.05) is 13.1 Å². The summed E-state index contributed by atoms with van der Waals surface area (Å²) in [5.74, 6) is -0.165. The molecule has 0 aromatic heterocycles. The number of carbonyl (C=O) groups is 1. The van der Waals surface area contributed by atoms with E-state index in [4.69, 9.17) is 11.6 Å². The number of nitrogens with zero attached hydrogens (tertiary/aromatic N) is 1. The van der Waals surface area contributed by atoms with Gasteiger partial charge in [-0.3, -0.25) is 9.69 Å². The molecule has 2 nitrogen and oxygen atoms in total. The fourth-order valence-corrected chi connectivity index (χ4v) is 3.76. The monoisotopic (exact) mass is 311 g/mol. The van der Waals surface area contributed by atoms with Gasteiger partial charge < -0.3 is 0 Å². The second kappa shape index (κ2) is 6.89. The quantitative estimate of drug-likeness (QED) is 0.783. The molecule has 116 valence electrons. The van der Waals surface area contributed by atoms with Crippen LogP contribution in [0.25, 0.3) is 0 Å². The molecular weight excluding hydrogens is 289 g/mol. The predicted octanol–water partition coefficient (Wildman–Crippen LogP) is 4.25. The lowest BCUT2D eigenvalue weighted by Crippen LogP contribution is -2.53. The van der Waals surface area contributed by atoms with Gasteiger partial charge in [0.05, 0.1) is 5.54 Å². The van der Waals surface area contributed by atoms with E-state index in [1.165, 1.54) is 18.2 Å². The smallest absolute Gasteiger partial charge is 0.157 e. The van der Waals surface area contributed by atoms with E-state index >= 15 is 0 Å². The fourth-order valence-electron chi connectivity index (χ4n) is 3.58. The summed E-state index contributed by atoms with van der Waals surface area (Å²) in [6.07, 6.45) is 4.19. The van der Waals surface area contributed by atoms with Crippen LogP contribution in [0.15, 0.2) is 18.2 Å². The normalized spacial score (nSPS) is 17.4. The Morgan fingerprint density at radius 3 is 2.48 bits per heavy atom. The zero-order valence-electron chi connectivity index (χ0n) is 12.8. The summed E-state index contributed by atoms with van der Waals surface area (Å²) in [6, 6.07) is 4.23. The maximum absolute atomic E-state index is 13.4. The minimum absolute atomic E-state index is 0.177. The van der Waals surface area contributed by atoms with Gasteiger partial charge in [-0.15, -0.1) is 0 Å². The van der Waals surface area contributed by atoms with Gasteiger partial charge in [-0.1, -0.05) is 38.3 Å². The topological polar surface area (TPSA) is 20.3 Å². The van der Waals surface area contributed by atoms with Gasteiger partial charge in [-0.25, -0.2) is 4.39 Å². The lowest BCUT2D eigenvalue weighted by atomic mass is 9.86. The van der Waals surface area contributed by atoms with Gasteiger partial charge in [0.2, 0.25) is 0 Å². The largest absolute Gasteiger partial charge is 0.297 e. The predicted molar refractivity (Wildman–Crippen MR) is 84.2 cm³/mol. The Hall–Kier alpha value is -0.930. The highest BCUT2D eigenvalue weighted by atomic mass is 35.5. The number of hydrogen-bond acceptors (Lipinski definition) is 2. The molecule has 0 aliphatic heterocycles. The van der Waals surface area contributed by atoms with Crippen molar-refractivity contribution in [2.45, 2.75) is 51.5 Å². The van der Waals surface area contributed by atoms with Crippen molar-refractivity contribution in [3.8, 4) is 0 Å². The Kier molecular flexibility index (Phi) is 5.39. The van der Waals surface area contributed by atoms with Gasteiger partial charge >= 0.3 is 0 Å². The lowest BCUT2D eigenvalue weighted by Gasteiger charge is -2.39. The van der Waals surface area contributed by atoms with E-state index in [1.807, 2.05) is 0 Å². The number of likely N-dealkylation sites (N-methyl/N-ethyl adjacent to an activating group) is 1. The van der Waals surface area contributed by atoms with Crippen LogP contribution in [0.4, 0.5) is 4.39 Å². The molecule has 1 saturated carbocycles. The van der Waals surface area contributed by atoms with E-state index in [0.29, 0.717) is 10.6 Å². The SMILES string of the molecule is CCN(CC)C1(C(=O)Cc2cc(F)ccc2Cl)CCCC1. The van der Waals surface area contributed by atoms with Crippen molar-refractivity contribution in [1.82, 2.24) is 4.90 Å². The first-order chi connectivity index (χ1) is 10.0. The number of benzene rings is 1. The van der Waals surface area contributed by atoms with Gasteiger partial charge in [-0.05, 0) is 49.7 Å². The van der Waals surface area contributed by atoms with Crippen LogP contribution in [0.5, 0.6) is 0 Å². The Labute approximate surface area is 131 Å². The molecule has 1 aliphatic carbocycles. The summed E-state index contributed by atoms with van der Waals surface area (Å²) in [5, 5.41) is 0.470. The van der Waals surface area contributed by atoms with Crippen molar-refractivity contribution in [3.05, 3.63) is 34.6 Å². The molecule has 0 unspecified atom stereocenters. The molecule has 21 heavy (non-hydrogen) atoms. The number of ketones is 1. The standard InChI is InChI=1S/C17H23ClFNO/c1-3-20(4-2)17(9-5-6-10-17)16(21)12-13-11-14(19)7-8-15(13)18/h7-8,11H,3-6,9-10,12H2,1-2H3. The highest BCUT2D eigenvalue weighted by Crippen LogP contribution is 2.37. The molecule has 0 saturated heterocycles. The van der Waals surface area contributed by atoms with E-state index < -0.39 is 0 Å². The highest BCUT2D eigenvalue weighted by Gasteiger charge is 2.44. The molecule has 0 amide bonds. The first-order valence-electron chi connectivity index (χ1n) is 7.75. The Balaban J connectivity index is 2.25. The molecule has 1 aromatic rings. The van der Waals surface area contributed by atoms with Crippen molar-refractivity contribution in [3.63, 3.8) is 0 Å². The number of rotatable bonds is 6. The first-order valence-corrected chi connectivity index (χ1v) is 8.13. The first kappa shape index (κ1) is 16.4. The molecular formula is C17H23ClFNO. The van der Waals surface area contributed by atoms with Gasteiger partial charge in [0.25, 0.3) is 0 Å². The Morgan fingerprint density at radius 2 is 1.90 bits per heavy atom. The van der Waals surface area contributed by atoms with E-state index in [-0.39, 0.29) is 23.6 Å². The number of halogens is 2. The minimum Gasteiger partial charge on any atom is -0.297 e. The zero-order valence-corrected chi connectivity index (χ0v) is 13.5. The van der Waals surface area contributed by atoms with Crippen LogP contribution >= 0.6 is 11.6 Å². The van der Waals surface area contributed by atoms with Crippen molar-refractivity contribution in [2.24, 2.45) is 0 Å². The highest BCUT2D eigenvalue weighted by molar-refractivity contribution is 6.31. The van der Waals surface area contributed by atoms with Crippen LogP contribution in [0, 0.1) is 5.82 Å². The average Bonchev–Trinajstić information content (AvgIpc) is 2.95. The van der Waals surface area contributed by atoms with E-state index in [2.05, 4.69) is 18.7 Å². The minimum atomic E-state index is -0.376. The molecule has 1 aliphatic rings. The van der Waals surface area contributed by atoms with Crippen LogP contribution in [0.1, 0.15) is 45.1 Å². The maximum atomic E-state index is 13.4. The number of carbonyl (C=O) groups excluding carboxylic acids is 1. The zero-order chi connectivity index (χ0) is 15.5. The Morgan fingerprint density at radius 1 is 1.29 bits per heavy atom. The van der Waals surface area contributed by atoms with Crippen LogP contribution in [-0.4, -0.2) is 29.3 Å². The molecule has 2 rings (SSSR count). The van der Waals surface area contributed by atoms with Crippen LogP contribution in [0.3, 0.4) is 0 Å². The number of Topliss-reactive ketones (excluding diaryl/α,β-unsaturated/α-hetero) is 1. The average molecular weight is 312 g/mol. The van der Waals surface area contributed by atoms with Gasteiger partial charge in [0, 0.05) is 11.4 Å². The molecule has 0 bridgehead atoms. The third kappa shape index (κ3) is 3.29. The second-order valence-corrected chi connectivity index (χ2v) is 6.15. The van der Waals surface area contributed by atoms with Gasteiger partial charge in [-0.2, -0.15) is 0 Å². The summed E-state index contributed by atoms with van der Waals surface area (Å²) < 4.78 is 13.4. The molecule has 1 fully saturated rings. The molecule has 0 spiro atoms. The molecule has 0 atom stereocenters. The Bertz CT molecular complexity index is 508. The third-order valence-electron chi connectivity index (χ3n) is 4.68.